The average Bonchev–Trinajstić information content (AvgIpc) is 2.65. The first-order chi connectivity index (χ1) is 9.38. The van der Waals surface area contributed by atoms with Gasteiger partial charge in [0.25, 0.3) is 5.91 Å². The highest BCUT2D eigenvalue weighted by Crippen LogP contribution is 2.27. The Balaban J connectivity index is 2.26. The Bertz CT molecular complexity index is 677. The zero-order valence-corrected chi connectivity index (χ0v) is 11.8. The lowest BCUT2D eigenvalue weighted by molar-refractivity contribution is -0.137. The smallest absolute Gasteiger partial charge is 0.305 e. The molecule has 2 N–H and O–H groups in total. The summed E-state index contributed by atoms with van der Waals surface area (Å²) in [6.45, 7) is 3.39. The zero-order valence-electron chi connectivity index (χ0n) is 11.1. The molecule has 6 heteroatoms. The van der Waals surface area contributed by atoms with Crippen LogP contribution in [0.15, 0.2) is 22.6 Å². The number of carboxylic acids is 1. The molecule has 2 rings (SSSR count). The van der Waals surface area contributed by atoms with Crippen molar-refractivity contribution < 1.29 is 19.1 Å². The van der Waals surface area contributed by atoms with E-state index in [2.05, 4.69) is 5.32 Å². The molecule has 0 aliphatic carbocycles. The quantitative estimate of drug-likeness (QED) is 0.909. The molecule has 0 fully saturated rings. The molecule has 0 aliphatic heterocycles. The molecule has 1 amide bonds. The number of furan rings is 1. The summed E-state index contributed by atoms with van der Waals surface area (Å²) in [7, 11) is 0. The predicted molar refractivity (Wildman–Crippen MR) is 75.1 cm³/mol. The molecule has 1 aromatic carbocycles. The van der Waals surface area contributed by atoms with Crippen molar-refractivity contribution in [2.24, 2.45) is 0 Å². The molecule has 1 unspecified atom stereocenters. The normalized spacial score (nSPS) is 12.3. The fraction of sp³-hybridized carbons (Fsp3) is 0.286. The standard InChI is InChI=1S/C14H14ClNO4/c1-7(5-12(17)18)16-14(19)13-8(2)10-6-9(15)3-4-11(10)20-13/h3-4,6-7H,5H2,1-2H3,(H,16,19)(H,17,18). The second-order valence-corrected chi connectivity index (χ2v) is 5.11. The molecule has 5 nitrogen and oxygen atoms in total. The largest absolute Gasteiger partial charge is 0.481 e. The van der Waals surface area contributed by atoms with Gasteiger partial charge in [-0.1, -0.05) is 11.6 Å². The van der Waals surface area contributed by atoms with Gasteiger partial charge in [0.05, 0.1) is 6.42 Å². The lowest BCUT2D eigenvalue weighted by Crippen LogP contribution is -2.34. The number of hydrogen-bond acceptors (Lipinski definition) is 3. The van der Waals surface area contributed by atoms with Crippen LogP contribution in [0.3, 0.4) is 0 Å². The van der Waals surface area contributed by atoms with Crippen LogP contribution >= 0.6 is 11.6 Å². The van der Waals surface area contributed by atoms with E-state index in [0.29, 0.717) is 16.2 Å². The second kappa shape index (κ2) is 5.54. The molecule has 0 saturated carbocycles. The number of aliphatic carboxylic acids is 1. The van der Waals surface area contributed by atoms with E-state index >= 15 is 0 Å². The molecular formula is C14H14ClNO4. The number of rotatable bonds is 4. The van der Waals surface area contributed by atoms with Gasteiger partial charge in [0.1, 0.15) is 5.58 Å². The minimum Gasteiger partial charge on any atom is -0.481 e. The van der Waals surface area contributed by atoms with Crippen molar-refractivity contribution >= 4 is 34.4 Å². The van der Waals surface area contributed by atoms with Crippen LogP contribution < -0.4 is 5.32 Å². The molecule has 1 atom stereocenters. The molecular weight excluding hydrogens is 282 g/mol. The van der Waals surface area contributed by atoms with Crippen LogP contribution in [0.25, 0.3) is 11.0 Å². The third-order valence-electron chi connectivity index (χ3n) is 2.96. The number of carbonyl (C=O) groups is 2. The third-order valence-corrected chi connectivity index (χ3v) is 3.20. The van der Waals surface area contributed by atoms with Crippen LogP contribution in [0.2, 0.25) is 5.02 Å². The zero-order chi connectivity index (χ0) is 14.9. The van der Waals surface area contributed by atoms with E-state index in [4.69, 9.17) is 21.1 Å². The summed E-state index contributed by atoms with van der Waals surface area (Å²) in [6.07, 6.45) is -0.142. The number of nitrogens with one attached hydrogen (secondary N) is 1. The van der Waals surface area contributed by atoms with Gasteiger partial charge < -0.3 is 14.8 Å². The van der Waals surface area contributed by atoms with Crippen molar-refractivity contribution in [2.75, 3.05) is 0 Å². The molecule has 20 heavy (non-hydrogen) atoms. The first kappa shape index (κ1) is 14.4. The maximum atomic E-state index is 12.1. The molecule has 1 heterocycles. The molecule has 0 aliphatic rings. The highest BCUT2D eigenvalue weighted by Gasteiger charge is 2.20. The highest BCUT2D eigenvalue weighted by atomic mass is 35.5. The number of carboxylic acid groups (broad SMARTS) is 1. The fourth-order valence-corrected chi connectivity index (χ4v) is 2.18. The minimum atomic E-state index is -0.967. The van der Waals surface area contributed by atoms with Gasteiger partial charge in [0.2, 0.25) is 0 Å². The van der Waals surface area contributed by atoms with Crippen LogP contribution in [0.1, 0.15) is 29.5 Å². The Morgan fingerprint density at radius 1 is 1.45 bits per heavy atom. The molecule has 0 bridgehead atoms. The van der Waals surface area contributed by atoms with Crippen LogP contribution in [-0.4, -0.2) is 23.0 Å². The monoisotopic (exact) mass is 295 g/mol. The van der Waals surface area contributed by atoms with Crippen molar-refractivity contribution in [3.05, 3.63) is 34.5 Å². The summed E-state index contributed by atoms with van der Waals surface area (Å²) in [5, 5.41) is 12.6. The highest BCUT2D eigenvalue weighted by molar-refractivity contribution is 6.31. The molecule has 2 aromatic rings. The van der Waals surface area contributed by atoms with E-state index in [9.17, 15) is 9.59 Å². The topological polar surface area (TPSA) is 79.5 Å². The number of aryl methyl sites for hydroxylation is 1. The van der Waals surface area contributed by atoms with E-state index in [1.807, 2.05) is 0 Å². The third kappa shape index (κ3) is 2.93. The summed E-state index contributed by atoms with van der Waals surface area (Å²) < 4.78 is 5.50. The lowest BCUT2D eigenvalue weighted by atomic mass is 10.1. The van der Waals surface area contributed by atoms with E-state index in [0.717, 1.165) is 5.39 Å². The van der Waals surface area contributed by atoms with E-state index in [1.54, 1.807) is 32.0 Å². The first-order valence-electron chi connectivity index (χ1n) is 6.09. The average molecular weight is 296 g/mol. The maximum absolute atomic E-state index is 12.1. The van der Waals surface area contributed by atoms with Gasteiger partial charge in [-0.05, 0) is 32.0 Å². The summed E-state index contributed by atoms with van der Waals surface area (Å²) in [5.74, 6) is -1.21. The van der Waals surface area contributed by atoms with Gasteiger partial charge in [-0.2, -0.15) is 0 Å². The molecule has 1 aromatic heterocycles. The summed E-state index contributed by atoms with van der Waals surface area (Å²) in [6, 6.07) is 4.63. The Morgan fingerprint density at radius 3 is 2.80 bits per heavy atom. The maximum Gasteiger partial charge on any atom is 0.305 e. The van der Waals surface area contributed by atoms with Gasteiger partial charge in [-0.25, -0.2) is 0 Å². The van der Waals surface area contributed by atoms with Gasteiger partial charge in [0, 0.05) is 22.0 Å². The van der Waals surface area contributed by atoms with Gasteiger partial charge in [-0.15, -0.1) is 0 Å². The van der Waals surface area contributed by atoms with Crippen molar-refractivity contribution in [1.29, 1.82) is 0 Å². The van der Waals surface area contributed by atoms with E-state index in [1.165, 1.54) is 0 Å². The molecule has 0 saturated heterocycles. The Hall–Kier alpha value is -2.01. The number of carbonyl (C=O) groups excluding carboxylic acids is 1. The molecule has 0 radical (unpaired) electrons. The van der Waals surface area contributed by atoms with Crippen LogP contribution in [-0.2, 0) is 4.79 Å². The number of fused-ring (bicyclic) bond motifs is 1. The fourth-order valence-electron chi connectivity index (χ4n) is 2.01. The summed E-state index contributed by atoms with van der Waals surface area (Å²) in [5.41, 5.74) is 1.26. The number of hydrogen-bond donors (Lipinski definition) is 2. The van der Waals surface area contributed by atoms with Crippen molar-refractivity contribution in [3.8, 4) is 0 Å². The molecule has 0 spiro atoms. The SMILES string of the molecule is Cc1c(C(=O)NC(C)CC(=O)O)oc2ccc(Cl)cc12. The Kier molecular flexibility index (Phi) is 3.99. The minimum absolute atomic E-state index is 0.142. The van der Waals surface area contributed by atoms with Crippen LogP contribution in [0.4, 0.5) is 0 Å². The van der Waals surface area contributed by atoms with Crippen LogP contribution in [0, 0.1) is 6.92 Å². The second-order valence-electron chi connectivity index (χ2n) is 4.67. The van der Waals surface area contributed by atoms with Crippen molar-refractivity contribution in [2.45, 2.75) is 26.3 Å². The van der Waals surface area contributed by atoms with Crippen LogP contribution in [0.5, 0.6) is 0 Å². The van der Waals surface area contributed by atoms with Crippen molar-refractivity contribution in [3.63, 3.8) is 0 Å². The summed E-state index contributed by atoms with van der Waals surface area (Å²) >= 11 is 5.91. The van der Waals surface area contributed by atoms with Gasteiger partial charge in [-0.3, -0.25) is 9.59 Å². The lowest BCUT2D eigenvalue weighted by Gasteiger charge is -2.10. The van der Waals surface area contributed by atoms with E-state index in [-0.39, 0.29) is 12.2 Å². The van der Waals surface area contributed by atoms with E-state index < -0.39 is 17.9 Å². The summed E-state index contributed by atoms with van der Waals surface area (Å²) in [4.78, 5) is 22.7. The van der Waals surface area contributed by atoms with Crippen molar-refractivity contribution in [1.82, 2.24) is 5.32 Å². The number of benzene rings is 1. The first-order valence-corrected chi connectivity index (χ1v) is 6.47. The number of halogens is 1. The Labute approximate surface area is 120 Å². The predicted octanol–water partition coefficient (Wildman–Crippen LogP) is 2.99. The van der Waals surface area contributed by atoms with Gasteiger partial charge in [0.15, 0.2) is 5.76 Å². The molecule has 106 valence electrons. The Morgan fingerprint density at radius 2 is 2.15 bits per heavy atom. The van der Waals surface area contributed by atoms with Gasteiger partial charge >= 0.3 is 5.97 Å². The number of amides is 1.